The molecule has 0 aliphatic carbocycles. The minimum absolute atomic E-state index is 0.414. The van der Waals surface area contributed by atoms with E-state index in [1.807, 2.05) is 0 Å². The van der Waals surface area contributed by atoms with Gasteiger partial charge in [0.25, 0.3) is 0 Å². The Hall–Kier alpha value is -0.0400. The van der Waals surface area contributed by atoms with Gasteiger partial charge in [0.1, 0.15) is 0 Å². The Morgan fingerprint density at radius 1 is 0.282 bits per heavy atom. The lowest BCUT2D eigenvalue weighted by molar-refractivity contribution is 0.204. The zero-order valence-electron chi connectivity index (χ0n) is 27.8. The largest absolute Gasteiger partial charge is 0.396 e. The standard InChI is InChI=1S/C38H78O/c1-3-5-7-9-11-13-15-17-19-21-23-25-27-29-31-33-35-38(37-39)36-34-32-30-28-26-24-22-20-18-16-14-12-10-8-6-4-2/h38-39H,3-37H2,1-2H3. The summed E-state index contributed by atoms with van der Waals surface area (Å²) in [5, 5.41) is 9.78. The van der Waals surface area contributed by atoms with Crippen molar-refractivity contribution in [3.63, 3.8) is 0 Å². The first-order valence-electron chi connectivity index (χ1n) is 19.0. The second-order valence-corrected chi connectivity index (χ2v) is 13.2. The lowest BCUT2D eigenvalue weighted by Gasteiger charge is -2.13. The molecule has 0 aromatic heterocycles. The molecule has 39 heavy (non-hydrogen) atoms. The third-order valence-electron chi connectivity index (χ3n) is 9.19. The van der Waals surface area contributed by atoms with Crippen LogP contribution in [-0.4, -0.2) is 11.7 Å². The van der Waals surface area contributed by atoms with Crippen molar-refractivity contribution in [2.75, 3.05) is 6.61 Å². The van der Waals surface area contributed by atoms with Crippen LogP contribution in [0, 0.1) is 5.92 Å². The molecule has 0 spiro atoms. The summed E-state index contributed by atoms with van der Waals surface area (Å²) in [7, 11) is 0. The first-order chi connectivity index (χ1) is 19.3. The molecule has 0 saturated carbocycles. The zero-order valence-corrected chi connectivity index (χ0v) is 27.8. The Bertz CT molecular complexity index is 370. The van der Waals surface area contributed by atoms with Gasteiger partial charge in [-0.3, -0.25) is 0 Å². The molecule has 0 aliphatic heterocycles. The van der Waals surface area contributed by atoms with Gasteiger partial charge in [0.15, 0.2) is 0 Å². The van der Waals surface area contributed by atoms with Crippen LogP contribution < -0.4 is 0 Å². The van der Waals surface area contributed by atoms with Gasteiger partial charge in [0.05, 0.1) is 0 Å². The van der Waals surface area contributed by atoms with Crippen molar-refractivity contribution in [2.24, 2.45) is 5.92 Å². The molecule has 0 saturated heterocycles. The Morgan fingerprint density at radius 2 is 0.462 bits per heavy atom. The van der Waals surface area contributed by atoms with Crippen LogP contribution in [0.1, 0.15) is 232 Å². The highest BCUT2D eigenvalue weighted by Crippen LogP contribution is 2.20. The number of hydrogen-bond donors (Lipinski definition) is 1. The summed E-state index contributed by atoms with van der Waals surface area (Å²) in [5.74, 6) is 0.572. The first-order valence-corrected chi connectivity index (χ1v) is 19.0. The van der Waals surface area contributed by atoms with Gasteiger partial charge in [0, 0.05) is 6.61 Å². The zero-order chi connectivity index (χ0) is 28.3. The molecule has 1 heteroatoms. The summed E-state index contributed by atoms with van der Waals surface area (Å²) in [4.78, 5) is 0. The van der Waals surface area contributed by atoms with Gasteiger partial charge in [0.2, 0.25) is 0 Å². The molecule has 0 aromatic carbocycles. The highest BCUT2D eigenvalue weighted by molar-refractivity contribution is 4.60. The van der Waals surface area contributed by atoms with Crippen LogP contribution in [-0.2, 0) is 0 Å². The van der Waals surface area contributed by atoms with E-state index in [0.717, 1.165) is 0 Å². The molecule has 0 radical (unpaired) electrons. The predicted octanol–water partition coefficient (Wildman–Crippen LogP) is 13.9. The number of hydrogen-bond acceptors (Lipinski definition) is 1. The highest BCUT2D eigenvalue weighted by atomic mass is 16.3. The molecule has 0 bridgehead atoms. The average Bonchev–Trinajstić information content (AvgIpc) is 2.95. The molecule has 0 rings (SSSR count). The van der Waals surface area contributed by atoms with Gasteiger partial charge >= 0.3 is 0 Å². The second-order valence-electron chi connectivity index (χ2n) is 13.2. The summed E-state index contributed by atoms with van der Waals surface area (Å²) in [6.07, 6.45) is 48.5. The summed E-state index contributed by atoms with van der Waals surface area (Å²) < 4.78 is 0. The molecular formula is C38H78O. The number of rotatable bonds is 35. The van der Waals surface area contributed by atoms with Crippen LogP contribution in [0.5, 0.6) is 0 Å². The molecule has 1 nitrogen and oxygen atoms in total. The number of unbranched alkanes of at least 4 members (excludes halogenated alkanes) is 30. The number of aliphatic hydroxyl groups is 1. The first kappa shape index (κ1) is 39.0. The van der Waals surface area contributed by atoms with E-state index in [1.54, 1.807) is 0 Å². The van der Waals surface area contributed by atoms with Crippen molar-refractivity contribution < 1.29 is 5.11 Å². The second kappa shape index (κ2) is 36.0. The molecule has 1 N–H and O–H groups in total. The molecular weight excluding hydrogens is 472 g/mol. The Morgan fingerprint density at radius 3 is 0.641 bits per heavy atom. The maximum atomic E-state index is 9.78. The molecule has 0 amide bonds. The van der Waals surface area contributed by atoms with Crippen LogP contribution in [0.15, 0.2) is 0 Å². The SMILES string of the molecule is CCCCCCCCCCCCCCCCCCC(CO)CCCCCCCCCCCCCCCCCC. The third kappa shape index (κ3) is 34.1. The van der Waals surface area contributed by atoms with Crippen molar-refractivity contribution in [1.82, 2.24) is 0 Å². The van der Waals surface area contributed by atoms with E-state index in [0.29, 0.717) is 12.5 Å². The maximum absolute atomic E-state index is 9.78. The fourth-order valence-corrected chi connectivity index (χ4v) is 6.29. The van der Waals surface area contributed by atoms with Gasteiger partial charge in [-0.2, -0.15) is 0 Å². The molecule has 0 aromatic rings. The molecule has 0 fully saturated rings. The van der Waals surface area contributed by atoms with Gasteiger partial charge in [-0.25, -0.2) is 0 Å². The summed E-state index contributed by atoms with van der Waals surface area (Å²) in [5.41, 5.74) is 0. The summed E-state index contributed by atoms with van der Waals surface area (Å²) in [6, 6.07) is 0. The van der Waals surface area contributed by atoms with Crippen molar-refractivity contribution in [1.29, 1.82) is 0 Å². The van der Waals surface area contributed by atoms with Crippen molar-refractivity contribution in [3.05, 3.63) is 0 Å². The van der Waals surface area contributed by atoms with Crippen LogP contribution in [0.25, 0.3) is 0 Å². The smallest absolute Gasteiger partial charge is 0.0459 e. The Labute approximate surface area is 249 Å². The Kier molecular flexibility index (Phi) is 35.9. The topological polar surface area (TPSA) is 20.2 Å². The number of aliphatic hydroxyl groups excluding tert-OH is 1. The lowest BCUT2D eigenvalue weighted by Crippen LogP contribution is -2.06. The van der Waals surface area contributed by atoms with Crippen LogP contribution in [0.2, 0.25) is 0 Å². The van der Waals surface area contributed by atoms with E-state index in [9.17, 15) is 5.11 Å². The van der Waals surface area contributed by atoms with Gasteiger partial charge in [-0.05, 0) is 18.8 Å². The van der Waals surface area contributed by atoms with Crippen LogP contribution in [0.3, 0.4) is 0 Å². The molecule has 0 aliphatic rings. The van der Waals surface area contributed by atoms with Gasteiger partial charge in [-0.15, -0.1) is 0 Å². The van der Waals surface area contributed by atoms with Gasteiger partial charge in [-0.1, -0.05) is 219 Å². The molecule has 0 unspecified atom stereocenters. The predicted molar refractivity (Wildman–Crippen MR) is 179 cm³/mol. The Balaban J connectivity index is 3.25. The van der Waals surface area contributed by atoms with E-state index in [1.165, 1.54) is 218 Å². The minimum atomic E-state index is 0.414. The van der Waals surface area contributed by atoms with E-state index < -0.39 is 0 Å². The summed E-state index contributed by atoms with van der Waals surface area (Å²) >= 11 is 0. The molecule has 236 valence electrons. The van der Waals surface area contributed by atoms with Crippen molar-refractivity contribution in [3.8, 4) is 0 Å². The quantitative estimate of drug-likeness (QED) is 0.0778. The normalized spacial score (nSPS) is 11.7. The van der Waals surface area contributed by atoms with E-state index >= 15 is 0 Å². The monoisotopic (exact) mass is 551 g/mol. The van der Waals surface area contributed by atoms with E-state index in [4.69, 9.17) is 0 Å². The molecule has 0 heterocycles. The van der Waals surface area contributed by atoms with Crippen molar-refractivity contribution >= 4 is 0 Å². The van der Waals surface area contributed by atoms with Crippen LogP contribution in [0.4, 0.5) is 0 Å². The van der Waals surface area contributed by atoms with E-state index in [2.05, 4.69) is 13.8 Å². The highest BCUT2D eigenvalue weighted by Gasteiger charge is 2.07. The minimum Gasteiger partial charge on any atom is -0.396 e. The lowest BCUT2D eigenvalue weighted by atomic mass is 9.94. The average molecular weight is 551 g/mol. The summed E-state index contributed by atoms with van der Waals surface area (Å²) in [6.45, 7) is 5.02. The fraction of sp³-hybridized carbons (Fsp3) is 1.00. The van der Waals surface area contributed by atoms with Crippen LogP contribution >= 0.6 is 0 Å². The maximum Gasteiger partial charge on any atom is 0.0459 e. The van der Waals surface area contributed by atoms with E-state index in [-0.39, 0.29) is 0 Å². The fourth-order valence-electron chi connectivity index (χ4n) is 6.29. The van der Waals surface area contributed by atoms with Crippen molar-refractivity contribution in [2.45, 2.75) is 232 Å². The van der Waals surface area contributed by atoms with Gasteiger partial charge < -0.3 is 5.11 Å². The third-order valence-corrected chi connectivity index (χ3v) is 9.19. The molecule has 0 atom stereocenters.